The molecular formula is C14H24N2. The van der Waals surface area contributed by atoms with Crippen LogP contribution in [0.2, 0.25) is 0 Å². The normalized spacial score (nSPS) is 12.7. The van der Waals surface area contributed by atoms with Gasteiger partial charge < -0.3 is 5.32 Å². The van der Waals surface area contributed by atoms with Crippen LogP contribution in [0.15, 0.2) is 18.3 Å². The van der Waals surface area contributed by atoms with E-state index in [9.17, 15) is 0 Å². The molecule has 0 saturated heterocycles. The number of nitrogens with zero attached hydrogens (tertiary/aromatic N) is 1. The number of nitrogens with one attached hydrogen (secondary N) is 1. The molecule has 1 aromatic heterocycles. The average molecular weight is 220 g/mol. The predicted octanol–water partition coefficient (Wildman–Crippen LogP) is 3.48. The fourth-order valence-electron chi connectivity index (χ4n) is 2.05. The molecule has 1 aromatic rings. The zero-order chi connectivity index (χ0) is 11.8. The summed E-state index contributed by atoms with van der Waals surface area (Å²) in [4.78, 5) is 4.56. The summed E-state index contributed by atoms with van der Waals surface area (Å²) in [5.41, 5.74) is 2.63. The number of pyridine rings is 1. The molecule has 0 aliphatic carbocycles. The summed E-state index contributed by atoms with van der Waals surface area (Å²) in [7, 11) is 0. The topological polar surface area (TPSA) is 24.9 Å². The van der Waals surface area contributed by atoms with Crippen LogP contribution in [-0.4, -0.2) is 11.5 Å². The van der Waals surface area contributed by atoms with E-state index in [0.29, 0.717) is 6.04 Å². The first-order valence-corrected chi connectivity index (χ1v) is 6.50. The Hall–Kier alpha value is -0.890. The lowest BCUT2D eigenvalue weighted by atomic mass is 10.0. The van der Waals surface area contributed by atoms with Crippen molar-refractivity contribution in [2.24, 2.45) is 0 Å². The second-order valence-electron chi connectivity index (χ2n) is 4.15. The second-order valence-corrected chi connectivity index (χ2v) is 4.15. The van der Waals surface area contributed by atoms with Crippen LogP contribution in [0.4, 0.5) is 0 Å². The number of rotatable bonds is 7. The summed E-state index contributed by atoms with van der Waals surface area (Å²) in [6.45, 7) is 7.60. The van der Waals surface area contributed by atoms with Gasteiger partial charge in [0.15, 0.2) is 0 Å². The summed E-state index contributed by atoms with van der Waals surface area (Å²) in [6, 6.07) is 4.66. The van der Waals surface area contributed by atoms with E-state index in [-0.39, 0.29) is 0 Å². The van der Waals surface area contributed by atoms with Gasteiger partial charge in [-0.1, -0.05) is 39.7 Å². The Balaban J connectivity index is 2.81. The number of unbranched alkanes of at least 4 members (excludes halogenated alkanes) is 1. The van der Waals surface area contributed by atoms with E-state index in [0.717, 1.165) is 13.0 Å². The van der Waals surface area contributed by atoms with Crippen LogP contribution in [-0.2, 0) is 6.42 Å². The molecule has 1 rings (SSSR count). The van der Waals surface area contributed by atoms with Crippen LogP contribution < -0.4 is 5.32 Å². The highest BCUT2D eigenvalue weighted by molar-refractivity contribution is 5.22. The van der Waals surface area contributed by atoms with E-state index in [1.54, 1.807) is 0 Å². The average Bonchev–Trinajstić information content (AvgIpc) is 2.34. The van der Waals surface area contributed by atoms with Gasteiger partial charge in [-0.3, -0.25) is 4.98 Å². The van der Waals surface area contributed by atoms with Crippen molar-refractivity contribution in [3.05, 3.63) is 29.6 Å². The fraction of sp³-hybridized carbons (Fsp3) is 0.643. The molecule has 1 N–H and O–H groups in total. The predicted molar refractivity (Wildman–Crippen MR) is 69.6 cm³/mol. The quantitative estimate of drug-likeness (QED) is 0.761. The Morgan fingerprint density at radius 1 is 1.31 bits per heavy atom. The Kier molecular flexibility index (Phi) is 6.09. The maximum absolute atomic E-state index is 4.56. The Morgan fingerprint density at radius 2 is 2.12 bits per heavy atom. The van der Waals surface area contributed by atoms with Crippen LogP contribution >= 0.6 is 0 Å². The summed E-state index contributed by atoms with van der Waals surface area (Å²) in [5.74, 6) is 0. The van der Waals surface area contributed by atoms with Gasteiger partial charge in [0.2, 0.25) is 0 Å². The summed E-state index contributed by atoms with van der Waals surface area (Å²) in [6.07, 6.45) is 6.67. The third-order valence-electron chi connectivity index (χ3n) is 2.93. The number of aryl methyl sites for hydroxylation is 1. The Bertz CT molecular complexity index is 297. The van der Waals surface area contributed by atoms with Crippen LogP contribution in [0.1, 0.15) is 57.3 Å². The fourth-order valence-corrected chi connectivity index (χ4v) is 2.05. The van der Waals surface area contributed by atoms with Crippen LogP contribution in [0.25, 0.3) is 0 Å². The highest BCUT2D eigenvalue weighted by Gasteiger charge is 2.13. The first-order chi connectivity index (χ1) is 7.83. The molecule has 16 heavy (non-hydrogen) atoms. The lowest BCUT2D eigenvalue weighted by molar-refractivity contribution is 0.481. The minimum atomic E-state index is 0.432. The Labute approximate surface area is 99.5 Å². The van der Waals surface area contributed by atoms with Gasteiger partial charge in [-0.05, 0) is 31.0 Å². The van der Waals surface area contributed by atoms with Crippen LogP contribution in [0, 0.1) is 0 Å². The first-order valence-electron chi connectivity index (χ1n) is 6.50. The molecule has 0 amide bonds. The third kappa shape index (κ3) is 3.60. The number of hydrogen-bond acceptors (Lipinski definition) is 2. The lowest BCUT2D eigenvalue weighted by Crippen LogP contribution is -2.23. The van der Waals surface area contributed by atoms with Crippen molar-refractivity contribution in [2.75, 3.05) is 6.54 Å². The smallest absolute Gasteiger partial charge is 0.0604 e. The SMILES string of the molecule is CCCCC(NCC)c1ncccc1CC. The zero-order valence-electron chi connectivity index (χ0n) is 10.8. The maximum Gasteiger partial charge on any atom is 0.0604 e. The highest BCUT2D eigenvalue weighted by Crippen LogP contribution is 2.21. The summed E-state index contributed by atoms with van der Waals surface area (Å²) < 4.78 is 0. The molecule has 0 saturated carbocycles. The van der Waals surface area contributed by atoms with Crippen LogP contribution in [0.5, 0.6) is 0 Å². The van der Waals surface area contributed by atoms with Crippen molar-refractivity contribution in [3.8, 4) is 0 Å². The van der Waals surface area contributed by atoms with E-state index in [2.05, 4.69) is 37.1 Å². The van der Waals surface area contributed by atoms with Gasteiger partial charge in [-0.2, -0.15) is 0 Å². The number of aromatic nitrogens is 1. The van der Waals surface area contributed by atoms with E-state index in [4.69, 9.17) is 0 Å². The lowest BCUT2D eigenvalue weighted by Gasteiger charge is -2.19. The monoisotopic (exact) mass is 220 g/mol. The summed E-state index contributed by atoms with van der Waals surface area (Å²) in [5, 5.41) is 3.55. The molecule has 0 fully saturated rings. The van der Waals surface area contributed by atoms with Gasteiger partial charge in [-0.15, -0.1) is 0 Å². The molecule has 1 unspecified atom stereocenters. The molecule has 1 heterocycles. The van der Waals surface area contributed by atoms with Gasteiger partial charge in [0.1, 0.15) is 0 Å². The second kappa shape index (κ2) is 7.39. The molecule has 0 aliphatic rings. The molecule has 2 nitrogen and oxygen atoms in total. The standard InChI is InChI=1S/C14H24N2/c1-4-7-10-13(15-6-3)14-12(5-2)9-8-11-16-14/h8-9,11,13,15H,4-7,10H2,1-3H3. The third-order valence-corrected chi connectivity index (χ3v) is 2.93. The van der Waals surface area contributed by atoms with Crippen molar-refractivity contribution in [1.29, 1.82) is 0 Å². The van der Waals surface area contributed by atoms with E-state index < -0.39 is 0 Å². The molecule has 0 spiro atoms. The van der Waals surface area contributed by atoms with Crippen LogP contribution in [0.3, 0.4) is 0 Å². The molecule has 90 valence electrons. The minimum absolute atomic E-state index is 0.432. The van der Waals surface area contributed by atoms with E-state index in [1.165, 1.54) is 30.5 Å². The van der Waals surface area contributed by atoms with Crippen molar-refractivity contribution in [2.45, 2.75) is 52.5 Å². The molecule has 0 aromatic carbocycles. The molecule has 0 radical (unpaired) electrons. The van der Waals surface area contributed by atoms with E-state index >= 15 is 0 Å². The Morgan fingerprint density at radius 3 is 2.75 bits per heavy atom. The highest BCUT2D eigenvalue weighted by atomic mass is 14.9. The number of hydrogen-bond donors (Lipinski definition) is 1. The largest absolute Gasteiger partial charge is 0.309 e. The molecule has 0 aliphatic heterocycles. The van der Waals surface area contributed by atoms with Gasteiger partial charge in [0, 0.05) is 12.2 Å². The van der Waals surface area contributed by atoms with Gasteiger partial charge in [-0.25, -0.2) is 0 Å². The van der Waals surface area contributed by atoms with Gasteiger partial charge >= 0.3 is 0 Å². The maximum atomic E-state index is 4.56. The van der Waals surface area contributed by atoms with Crippen molar-refractivity contribution in [3.63, 3.8) is 0 Å². The minimum Gasteiger partial charge on any atom is -0.309 e. The zero-order valence-corrected chi connectivity index (χ0v) is 10.8. The first kappa shape index (κ1) is 13.2. The molecule has 2 heteroatoms. The van der Waals surface area contributed by atoms with Gasteiger partial charge in [0.25, 0.3) is 0 Å². The van der Waals surface area contributed by atoms with Gasteiger partial charge in [0.05, 0.1) is 5.69 Å². The molecular weight excluding hydrogens is 196 g/mol. The molecule has 0 bridgehead atoms. The van der Waals surface area contributed by atoms with E-state index in [1.807, 2.05) is 12.3 Å². The van der Waals surface area contributed by atoms with Crippen molar-refractivity contribution < 1.29 is 0 Å². The van der Waals surface area contributed by atoms with Crippen molar-refractivity contribution >= 4 is 0 Å². The molecule has 1 atom stereocenters. The van der Waals surface area contributed by atoms with Crippen molar-refractivity contribution in [1.82, 2.24) is 10.3 Å². The summed E-state index contributed by atoms with van der Waals surface area (Å²) >= 11 is 0.